The molecule has 1 aromatic heterocycles. The lowest BCUT2D eigenvalue weighted by Gasteiger charge is -2.11. The highest BCUT2D eigenvalue weighted by molar-refractivity contribution is 5.99. The summed E-state index contributed by atoms with van der Waals surface area (Å²) in [6.07, 6.45) is -2.07. The molecule has 0 saturated carbocycles. The molecule has 0 saturated heterocycles. The summed E-state index contributed by atoms with van der Waals surface area (Å²) in [4.78, 5) is 11.9. The predicted octanol–water partition coefficient (Wildman–Crippen LogP) is 3.00. The number of ketones is 1. The molecule has 0 aliphatic carbocycles. The number of nitrogens with zero attached hydrogens (tertiary/aromatic N) is 2. The van der Waals surface area contributed by atoms with Crippen LogP contribution in [0.15, 0.2) is 30.6 Å². The Morgan fingerprint density at radius 2 is 2.05 bits per heavy atom. The molecule has 3 nitrogen and oxygen atoms in total. The van der Waals surface area contributed by atoms with Crippen molar-refractivity contribution in [3.05, 3.63) is 53.1 Å². The van der Waals surface area contributed by atoms with Crippen LogP contribution < -0.4 is 0 Å². The van der Waals surface area contributed by atoms with E-state index >= 15 is 0 Å². The first-order valence-corrected chi connectivity index (χ1v) is 5.65. The number of halogens is 4. The fourth-order valence-electron chi connectivity index (χ4n) is 1.84. The van der Waals surface area contributed by atoms with Crippen molar-refractivity contribution >= 4 is 5.78 Å². The third-order valence-electron chi connectivity index (χ3n) is 2.71. The molecular weight excluding hydrogens is 276 g/mol. The summed E-state index contributed by atoms with van der Waals surface area (Å²) in [5, 5.41) is 3.82. The van der Waals surface area contributed by atoms with E-state index in [1.807, 2.05) is 0 Å². The van der Waals surface area contributed by atoms with Gasteiger partial charge in [-0.2, -0.15) is 18.3 Å². The first kappa shape index (κ1) is 14.2. The van der Waals surface area contributed by atoms with Crippen LogP contribution in [0.5, 0.6) is 0 Å². The van der Waals surface area contributed by atoms with E-state index in [0.29, 0.717) is 23.8 Å². The van der Waals surface area contributed by atoms with Crippen LogP contribution in [0.4, 0.5) is 17.6 Å². The zero-order valence-electron chi connectivity index (χ0n) is 10.4. The lowest BCUT2D eigenvalue weighted by atomic mass is 9.99. The summed E-state index contributed by atoms with van der Waals surface area (Å²) in [5.41, 5.74) is -1.33. The number of carbonyl (C=O) groups excluding carboxylic acids is 1. The van der Waals surface area contributed by atoms with Crippen molar-refractivity contribution in [2.75, 3.05) is 0 Å². The highest BCUT2D eigenvalue weighted by Crippen LogP contribution is 2.32. The summed E-state index contributed by atoms with van der Waals surface area (Å²) in [7, 11) is 1.62. The number of hydrogen-bond acceptors (Lipinski definition) is 2. The summed E-state index contributed by atoms with van der Waals surface area (Å²) in [5.74, 6) is -1.68. The summed E-state index contributed by atoms with van der Waals surface area (Å²) >= 11 is 0. The maximum atomic E-state index is 13.1. The fourth-order valence-corrected chi connectivity index (χ4v) is 1.84. The number of aryl methyl sites for hydroxylation is 1. The fraction of sp³-hybridized carbons (Fsp3) is 0.231. The summed E-state index contributed by atoms with van der Waals surface area (Å²) in [6, 6.07) is 1.87. The second-order valence-corrected chi connectivity index (χ2v) is 4.31. The molecular formula is C13H10F4N2O. The summed E-state index contributed by atoms with van der Waals surface area (Å²) < 4.78 is 52.9. The topological polar surface area (TPSA) is 34.9 Å². The number of Topliss-reactive ketones (excluding diaryl/α,β-unsaturated/α-hetero) is 1. The Morgan fingerprint density at radius 1 is 1.35 bits per heavy atom. The smallest absolute Gasteiger partial charge is 0.294 e. The van der Waals surface area contributed by atoms with Crippen molar-refractivity contribution in [1.29, 1.82) is 0 Å². The van der Waals surface area contributed by atoms with E-state index in [4.69, 9.17) is 0 Å². The minimum absolute atomic E-state index is 0.264. The van der Waals surface area contributed by atoms with E-state index in [0.717, 1.165) is 0 Å². The number of carbonyl (C=O) groups is 1. The van der Waals surface area contributed by atoms with Crippen molar-refractivity contribution in [1.82, 2.24) is 9.78 Å². The van der Waals surface area contributed by atoms with Gasteiger partial charge in [0.05, 0.1) is 11.8 Å². The van der Waals surface area contributed by atoms with Gasteiger partial charge in [0.2, 0.25) is 0 Å². The second kappa shape index (κ2) is 5.07. The van der Waals surface area contributed by atoms with Gasteiger partial charge in [-0.25, -0.2) is 4.39 Å². The monoisotopic (exact) mass is 286 g/mol. The Morgan fingerprint density at radius 3 is 2.60 bits per heavy atom. The highest BCUT2D eigenvalue weighted by Gasteiger charge is 2.35. The van der Waals surface area contributed by atoms with E-state index in [-0.39, 0.29) is 6.42 Å². The van der Waals surface area contributed by atoms with Gasteiger partial charge in [0.1, 0.15) is 5.82 Å². The first-order chi connectivity index (χ1) is 9.27. The number of benzene rings is 1. The van der Waals surface area contributed by atoms with E-state index in [1.54, 1.807) is 7.05 Å². The van der Waals surface area contributed by atoms with E-state index in [2.05, 4.69) is 5.10 Å². The van der Waals surface area contributed by atoms with Gasteiger partial charge >= 0.3 is 6.18 Å². The van der Waals surface area contributed by atoms with Crippen molar-refractivity contribution in [2.45, 2.75) is 12.6 Å². The van der Waals surface area contributed by atoms with Gasteiger partial charge in [0.25, 0.3) is 0 Å². The molecule has 2 rings (SSSR count). The second-order valence-electron chi connectivity index (χ2n) is 4.31. The van der Waals surface area contributed by atoms with E-state index in [1.165, 1.54) is 17.1 Å². The summed E-state index contributed by atoms with van der Waals surface area (Å²) in [6.45, 7) is 0. The van der Waals surface area contributed by atoms with Gasteiger partial charge in [0, 0.05) is 25.2 Å². The molecule has 0 atom stereocenters. The van der Waals surface area contributed by atoms with Crippen molar-refractivity contribution in [3.8, 4) is 0 Å². The van der Waals surface area contributed by atoms with E-state index < -0.39 is 28.9 Å². The van der Waals surface area contributed by atoms with Crippen LogP contribution in [0, 0.1) is 5.82 Å². The normalized spacial score (nSPS) is 11.7. The maximum absolute atomic E-state index is 13.1. The molecule has 0 unspecified atom stereocenters. The number of alkyl halides is 3. The predicted molar refractivity (Wildman–Crippen MR) is 62.6 cm³/mol. The van der Waals surface area contributed by atoms with Crippen molar-refractivity contribution < 1.29 is 22.4 Å². The number of aromatic nitrogens is 2. The SMILES string of the molecule is Cn1cc(CC(=O)c2cc(F)ccc2C(F)(F)F)cn1. The third-order valence-corrected chi connectivity index (χ3v) is 2.71. The molecule has 106 valence electrons. The Hall–Kier alpha value is -2.18. The van der Waals surface area contributed by atoms with Crippen LogP contribution >= 0.6 is 0 Å². The zero-order chi connectivity index (χ0) is 14.9. The molecule has 0 aliphatic rings. The van der Waals surface area contributed by atoms with Crippen LogP contribution in [0.2, 0.25) is 0 Å². The van der Waals surface area contributed by atoms with E-state index in [9.17, 15) is 22.4 Å². The van der Waals surface area contributed by atoms with Crippen molar-refractivity contribution in [2.24, 2.45) is 7.05 Å². The molecule has 2 aromatic rings. The van der Waals surface area contributed by atoms with Crippen LogP contribution in [0.25, 0.3) is 0 Å². The first-order valence-electron chi connectivity index (χ1n) is 5.65. The van der Waals surface area contributed by atoms with Gasteiger partial charge in [-0.3, -0.25) is 9.48 Å². The Balaban J connectivity index is 2.36. The Bertz CT molecular complexity index is 646. The standard InChI is InChI=1S/C13H10F4N2O/c1-19-7-8(6-18-19)4-12(20)10-5-9(14)2-3-11(10)13(15,16)17/h2-3,5-7H,4H2,1H3. The average Bonchev–Trinajstić information content (AvgIpc) is 2.73. The highest BCUT2D eigenvalue weighted by atomic mass is 19.4. The van der Waals surface area contributed by atoms with Gasteiger partial charge < -0.3 is 0 Å². The molecule has 0 fully saturated rings. The van der Waals surface area contributed by atoms with Crippen LogP contribution in [0.1, 0.15) is 21.5 Å². The molecule has 1 aromatic carbocycles. The molecule has 7 heteroatoms. The van der Waals surface area contributed by atoms with Crippen LogP contribution in [-0.4, -0.2) is 15.6 Å². The number of rotatable bonds is 3. The molecule has 1 heterocycles. The average molecular weight is 286 g/mol. The molecule has 0 bridgehead atoms. The third kappa shape index (κ3) is 3.04. The molecule has 0 amide bonds. The minimum atomic E-state index is -4.70. The largest absolute Gasteiger partial charge is 0.417 e. The van der Waals surface area contributed by atoms with Gasteiger partial charge in [-0.15, -0.1) is 0 Å². The van der Waals surface area contributed by atoms with Gasteiger partial charge in [-0.05, 0) is 23.8 Å². The van der Waals surface area contributed by atoms with Crippen LogP contribution in [0.3, 0.4) is 0 Å². The molecule has 20 heavy (non-hydrogen) atoms. The quantitative estimate of drug-likeness (QED) is 0.642. The van der Waals surface area contributed by atoms with Crippen LogP contribution in [-0.2, 0) is 19.6 Å². The molecule has 0 N–H and O–H groups in total. The Kier molecular flexibility index (Phi) is 3.61. The van der Waals surface area contributed by atoms with Crippen molar-refractivity contribution in [3.63, 3.8) is 0 Å². The maximum Gasteiger partial charge on any atom is 0.417 e. The minimum Gasteiger partial charge on any atom is -0.294 e. The lowest BCUT2D eigenvalue weighted by molar-refractivity contribution is -0.137. The number of hydrogen-bond donors (Lipinski definition) is 0. The molecule has 0 radical (unpaired) electrons. The van der Waals surface area contributed by atoms with Gasteiger partial charge in [0.15, 0.2) is 5.78 Å². The Labute approximate surface area is 111 Å². The zero-order valence-corrected chi connectivity index (χ0v) is 10.4. The lowest BCUT2D eigenvalue weighted by Crippen LogP contribution is -2.15. The molecule has 0 aliphatic heterocycles. The molecule has 0 spiro atoms. The van der Waals surface area contributed by atoms with Gasteiger partial charge in [-0.1, -0.05) is 0 Å².